The van der Waals surface area contributed by atoms with Crippen LogP contribution in [0.1, 0.15) is 31.8 Å². The third-order valence-electron chi connectivity index (χ3n) is 5.21. The van der Waals surface area contributed by atoms with E-state index in [4.69, 9.17) is 9.47 Å². The van der Waals surface area contributed by atoms with Crippen LogP contribution in [0.3, 0.4) is 0 Å². The number of hydrogen-bond acceptors (Lipinski definition) is 6. The minimum absolute atomic E-state index is 0.0478. The maximum Gasteiger partial charge on any atom is 0.416 e. The fourth-order valence-electron chi connectivity index (χ4n) is 3.25. The van der Waals surface area contributed by atoms with Gasteiger partial charge in [-0.25, -0.2) is 14.4 Å². The summed E-state index contributed by atoms with van der Waals surface area (Å²) < 4.78 is 88.8. The molecule has 0 aliphatic rings. The van der Waals surface area contributed by atoms with Crippen molar-refractivity contribution in [2.45, 2.75) is 24.6 Å². The lowest BCUT2D eigenvalue weighted by Gasteiger charge is -2.24. The topological polar surface area (TPSA) is 119 Å². The number of alkyl halides is 6. The van der Waals surface area contributed by atoms with Gasteiger partial charge in [0.2, 0.25) is 12.2 Å². The van der Waals surface area contributed by atoms with E-state index >= 15 is 0 Å². The van der Waals surface area contributed by atoms with E-state index in [1.165, 1.54) is 24.3 Å². The number of carbonyl (C=O) groups excluding carboxylic acids is 3. The highest BCUT2D eigenvalue weighted by atomic mass is 79.9. The van der Waals surface area contributed by atoms with E-state index < -0.39 is 70.6 Å². The first-order valence-electron chi connectivity index (χ1n) is 11.1. The summed E-state index contributed by atoms with van der Waals surface area (Å²) in [6.45, 7) is 0. The number of nitrogens with one attached hydrogen (secondary N) is 1. The van der Waals surface area contributed by atoms with Crippen LogP contribution in [0.5, 0.6) is 0 Å². The lowest BCUT2D eigenvalue weighted by Crippen LogP contribution is -2.48. The Balaban J connectivity index is 1.96. The minimum Gasteiger partial charge on any atom is -0.478 e. The zero-order valence-electron chi connectivity index (χ0n) is 20.1. The van der Waals surface area contributed by atoms with Crippen molar-refractivity contribution in [1.29, 1.82) is 0 Å². The van der Waals surface area contributed by atoms with Crippen LogP contribution in [-0.2, 0) is 31.4 Å². The molecule has 216 valence electrons. The predicted octanol–water partition coefficient (Wildman–Crippen LogP) is 5.96. The molecule has 0 fully saturated rings. The fourth-order valence-corrected chi connectivity index (χ4v) is 3.52. The molecule has 41 heavy (non-hydrogen) atoms. The van der Waals surface area contributed by atoms with Gasteiger partial charge >= 0.3 is 30.3 Å². The van der Waals surface area contributed by atoms with Crippen LogP contribution in [0, 0.1) is 0 Å². The molecule has 15 heteroatoms. The van der Waals surface area contributed by atoms with E-state index in [9.17, 15) is 50.6 Å². The molecule has 0 spiro atoms. The molecule has 0 saturated heterocycles. The second kappa shape index (κ2) is 12.4. The van der Waals surface area contributed by atoms with Crippen LogP contribution in [0.25, 0.3) is 0 Å². The molecular weight excluding hydrogens is 632 g/mol. The van der Waals surface area contributed by atoms with E-state index in [0.29, 0.717) is 28.7 Å². The van der Waals surface area contributed by atoms with Crippen molar-refractivity contribution >= 4 is 45.4 Å². The monoisotopic (exact) mass is 647 g/mol. The summed E-state index contributed by atoms with van der Waals surface area (Å²) in [5.41, 5.74) is -3.95. The number of benzene rings is 3. The number of rotatable bonds is 8. The maximum absolute atomic E-state index is 13.1. The normalized spacial score (nSPS) is 13.0. The van der Waals surface area contributed by atoms with Gasteiger partial charge in [-0.15, -0.1) is 0 Å². The number of carboxylic acid groups (broad SMARTS) is 1. The smallest absolute Gasteiger partial charge is 0.416 e. The van der Waals surface area contributed by atoms with E-state index in [0.717, 1.165) is 24.3 Å². The van der Waals surface area contributed by atoms with Gasteiger partial charge in [0.25, 0.3) is 5.91 Å². The average molecular weight is 648 g/mol. The predicted molar refractivity (Wildman–Crippen MR) is 132 cm³/mol. The molecule has 0 aliphatic carbocycles. The quantitative estimate of drug-likeness (QED) is 0.229. The van der Waals surface area contributed by atoms with E-state index in [1.807, 2.05) is 0 Å². The molecule has 0 saturated carbocycles. The van der Waals surface area contributed by atoms with Crippen molar-refractivity contribution in [1.82, 2.24) is 0 Å². The molecule has 1 amide bonds. The molecule has 8 nitrogen and oxygen atoms in total. The number of esters is 2. The first kappa shape index (κ1) is 31.1. The molecule has 0 radical (unpaired) electrons. The molecule has 3 aromatic rings. The van der Waals surface area contributed by atoms with Crippen molar-refractivity contribution in [3.63, 3.8) is 0 Å². The molecule has 0 aliphatic heterocycles. The van der Waals surface area contributed by atoms with Crippen molar-refractivity contribution in [3.8, 4) is 0 Å². The maximum atomic E-state index is 13.1. The van der Waals surface area contributed by atoms with Crippen LogP contribution in [0.2, 0.25) is 0 Å². The summed E-state index contributed by atoms with van der Waals surface area (Å²) in [5.74, 6) is -6.65. The Morgan fingerprint density at radius 3 is 1.56 bits per heavy atom. The van der Waals surface area contributed by atoms with Crippen molar-refractivity contribution < 1.29 is 60.1 Å². The van der Waals surface area contributed by atoms with Gasteiger partial charge in [0.1, 0.15) is 0 Å². The Morgan fingerprint density at radius 2 is 1.15 bits per heavy atom. The lowest BCUT2D eigenvalue weighted by atomic mass is 10.1. The van der Waals surface area contributed by atoms with Gasteiger partial charge in [0, 0.05) is 10.2 Å². The zero-order chi connectivity index (χ0) is 30.5. The number of halogens is 7. The van der Waals surface area contributed by atoms with Crippen molar-refractivity contribution in [3.05, 3.63) is 99.5 Å². The lowest BCUT2D eigenvalue weighted by molar-refractivity contribution is -0.157. The van der Waals surface area contributed by atoms with Gasteiger partial charge in [0.15, 0.2) is 0 Å². The zero-order valence-corrected chi connectivity index (χ0v) is 21.7. The summed E-state index contributed by atoms with van der Waals surface area (Å²) in [4.78, 5) is 50.5. The molecule has 0 bridgehead atoms. The van der Waals surface area contributed by atoms with Gasteiger partial charge in [-0.3, -0.25) is 4.79 Å². The van der Waals surface area contributed by atoms with Crippen LogP contribution in [0.4, 0.5) is 32.0 Å². The van der Waals surface area contributed by atoms with E-state index in [2.05, 4.69) is 21.2 Å². The van der Waals surface area contributed by atoms with E-state index in [1.54, 1.807) is 0 Å². The molecule has 0 heterocycles. The van der Waals surface area contributed by atoms with Gasteiger partial charge in [-0.05, 0) is 60.7 Å². The number of aliphatic carboxylic acids is 1. The highest BCUT2D eigenvalue weighted by Crippen LogP contribution is 2.31. The summed E-state index contributed by atoms with van der Waals surface area (Å²) in [5, 5.41) is 11.9. The number of carboxylic acids is 1. The summed E-state index contributed by atoms with van der Waals surface area (Å²) >= 11 is 3.16. The summed E-state index contributed by atoms with van der Waals surface area (Å²) in [6, 6.07) is 11.2. The molecule has 2 N–H and O–H groups in total. The number of anilines is 1. The molecule has 0 aromatic heterocycles. The molecule has 3 aromatic carbocycles. The standard InChI is InChI=1S/C26H16BrF6NO7/c27-17-7-9-18(10-8-17)34-21(35)19(40-23(38)13-3-1-5-15(11-13)25(28,29)30)20(22(36)37)41-24(39)14-4-2-6-16(12-14)26(31,32)33/h1-12,19-20H,(H,34,35)(H,36,37)/t19-,20+/m0/s1. The molecular formula is C26H16BrF6NO7. The van der Waals surface area contributed by atoms with Gasteiger partial charge in [-0.2, -0.15) is 26.3 Å². The highest BCUT2D eigenvalue weighted by molar-refractivity contribution is 9.10. The largest absolute Gasteiger partial charge is 0.478 e. The molecule has 3 rings (SSSR count). The molecule has 0 unspecified atom stereocenters. The Hall–Kier alpha value is -4.40. The Bertz CT molecular complexity index is 1460. The minimum atomic E-state index is -4.87. The summed E-state index contributed by atoms with van der Waals surface area (Å²) in [6.07, 6.45) is -14.9. The number of ether oxygens (including phenoxy) is 2. The van der Waals surface area contributed by atoms with E-state index in [-0.39, 0.29) is 5.69 Å². The van der Waals surface area contributed by atoms with Crippen molar-refractivity contribution in [2.75, 3.05) is 5.32 Å². The van der Waals surface area contributed by atoms with Crippen LogP contribution in [-0.4, -0.2) is 41.1 Å². The number of carbonyl (C=O) groups is 4. The van der Waals surface area contributed by atoms with Crippen molar-refractivity contribution in [2.24, 2.45) is 0 Å². The average Bonchev–Trinajstić information content (AvgIpc) is 2.90. The molecule has 2 atom stereocenters. The summed E-state index contributed by atoms with van der Waals surface area (Å²) in [7, 11) is 0. The fraction of sp³-hybridized carbons (Fsp3) is 0.154. The third kappa shape index (κ3) is 8.30. The SMILES string of the molecule is O=C(O[C@H](C(=O)Nc1ccc(Br)cc1)[C@@H](OC(=O)c1cccc(C(F)(F)F)c1)C(=O)O)c1cccc(C(F)(F)F)c1. The van der Waals surface area contributed by atoms with Crippen LogP contribution in [0.15, 0.2) is 77.3 Å². The Kier molecular flexibility index (Phi) is 9.42. The highest BCUT2D eigenvalue weighted by Gasteiger charge is 2.42. The Morgan fingerprint density at radius 1 is 0.707 bits per heavy atom. The van der Waals surface area contributed by atoms with Crippen LogP contribution < -0.4 is 5.32 Å². The van der Waals surface area contributed by atoms with Gasteiger partial charge in [0.05, 0.1) is 22.3 Å². The number of amides is 1. The second-order valence-corrected chi connectivity index (χ2v) is 9.06. The van der Waals surface area contributed by atoms with Gasteiger partial charge in [-0.1, -0.05) is 28.1 Å². The third-order valence-corrected chi connectivity index (χ3v) is 5.74. The van der Waals surface area contributed by atoms with Gasteiger partial charge < -0.3 is 19.9 Å². The first-order chi connectivity index (χ1) is 19.1. The number of hydrogen-bond donors (Lipinski definition) is 2. The second-order valence-electron chi connectivity index (χ2n) is 8.14. The van der Waals surface area contributed by atoms with Crippen LogP contribution >= 0.6 is 15.9 Å². The first-order valence-corrected chi connectivity index (χ1v) is 11.9. The Labute approximate surface area is 235 Å².